The summed E-state index contributed by atoms with van der Waals surface area (Å²) in [5.74, 6) is 0. The van der Waals surface area contributed by atoms with E-state index in [0.717, 1.165) is 5.52 Å². The summed E-state index contributed by atoms with van der Waals surface area (Å²) in [6.07, 6.45) is 0. The number of rotatable bonds is 1. The van der Waals surface area contributed by atoms with Gasteiger partial charge in [0.05, 0.1) is 15.7 Å². The van der Waals surface area contributed by atoms with Crippen molar-refractivity contribution in [3.05, 3.63) is 53.5 Å². The fourth-order valence-corrected chi connectivity index (χ4v) is 2.68. The first-order valence-electron chi connectivity index (χ1n) is 5.24. The first-order valence-corrected chi connectivity index (χ1v) is 6.12. The molecule has 0 amide bonds. The van der Waals surface area contributed by atoms with Crippen LogP contribution in [0.25, 0.3) is 21.3 Å². The number of benzene rings is 2. The minimum Gasteiger partial charge on any atom is -0.244 e. The largest absolute Gasteiger partial charge is 0.244 e. The number of thiazole rings is 1. The Bertz CT molecular complexity index is 640. The van der Waals surface area contributed by atoms with E-state index in [1.165, 1.54) is 21.4 Å². The van der Waals surface area contributed by atoms with Gasteiger partial charge in [-0.2, -0.15) is 0 Å². The predicted octanol–water partition coefficient (Wildman–Crippen LogP) is 4.27. The molecule has 0 atom stereocenters. The van der Waals surface area contributed by atoms with Crippen LogP contribution in [0.15, 0.2) is 48.0 Å². The quantitative estimate of drug-likeness (QED) is 0.602. The number of aromatic nitrogens is 1. The molecule has 0 aliphatic carbocycles. The van der Waals surface area contributed by atoms with Crippen molar-refractivity contribution in [1.29, 1.82) is 0 Å². The second-order valence-corrected chi connectivity index (χ2v) is 4.71. The zero-order valence-corrected chi connectivity index (χ0v) is 9.79. The molecule has 0 aliphatic rings. The van der Waals surface area contributed by atoms with E-state index in [9.17, 15) is 0 Å². The molecular formula is C14H11NS. The van der Waals surface area contributed by atoms with Crippen LogP contribution in [0.4, 0.5) is 0 Å². The molecule has 0 unspecified atom stereocenters. The van der Waals surface area contributed by atoms with Gasteiger partial charge in [0, 0.05) is 5.56 Å². The average Bonchev–Trinajstić information content (AvgIpc) is 2.77. The molecule has 2 aromatic carbocycles. The maximum Gasteiger partial charge on any atom is 0.0890 e. The van der Waals surface area contributed by atoms with Crippen molar-refractivity contribution < 1.29 is 0 Å². The van der Waals surface area contributed by atoms with Crippen LogP contribution in [0.1, 0.15) is 5.56 Å². The van der Waals surface area contributed by atoms with Crippen molar-refractivity contribution in [3.63, 3.8) is 0 Å². The van der Waals surface area contributed by atoms with Crippen molar-refractivity contribution >= 4 is 21.6 Å². The minimum atomic E-state index is 1.11. The van der Waals surface area contributed by atoms with Crippen LogP contribution in [0.2, 0.25) is 0 Å². The van der Waals surface area contributed by atoms with Gasteiger partial charge in [-0.15, -0.1) is 11.3 Å². The molecule has 0 bridgehead atoms. The van der Waals surface area contributed by atoms with Gasteiger partial charge in [-0.25, -0.2) is 4.98 Å². The zero-order valence-electron chi connectivity index (χ0n) is 8.97. The SMILES string of the molecule is Cc1ccccc1-c1cccc2scnc12. The van der Waals surface area contributed by atoms with Gasteiger partial charge < -0.3 is 0 Å². The number of hydrogen-bond acceptors (Lipinski definition) is 2. The molecule has 3 rings (SSSR count). The fraction of sp³-hybridized carbons (Fsp3) is 0.0714. The zero-order chi connectivity index (χ0) is 11.0. The van der Waals surface area contributed by atoms with Crippen LogP contribution in [0.5, 0.6) is 0 Å². The fourth-order valence-electron chi connectivity index (χ4n) is 1.98. The smallest absolute Gasteiger partial charge is 0.0890 e. The van der Waals surface area contributed by atoms with E-state index in [2.05, 4.69) is 54.4 Å². The van der Waals surface area contributed by atoms with Gasteiger partial charge in [0.25, 0.3) is 0 Å². The highest BCUT2D eigenvalue weighted by Gasteiger charge is 2.07. The molecule has 1 heterocycles. The third-order valence-electron chi connectivity index (χ3n) is 2.80. The van der Waals surface area contributed by atoms with Gasteiger partial charge in [0.1, 0.15) is 0 Å². The van der Waals surface area contributed by atoms with Crippen molar-refractivity contribution in [1.82, 2.24) is 4.98 Å². The molecule has 78 valence electrons. The summed E-state index contributed by atoms with van der Waals surface area (Å²) in [6, 6.07) is 14.8. The number of nitrogens with zero attached hydrogens (tertiary/aromatic N) is 1. The lowest BCUT2D eigenvalue weighted by Crippen LogP contribution is -1.83. The molecule has 0 saturated carbocycles. The summed E-state index contributed by atoms with van der Waals surface area (Å²) in [5.41, 5.74) is 6.83. The Labute approximate surface area is 98.4 Å². The Kier molecular flexibility index (Phi) is 2.22. The van der Waals surface area contributed by atoms with Crippen LogP contribution < -0.4 is 0 Å². The molecule has 2 heteroatoms. The number of aryl methyl sites for hydroxylation is 1. The summed E-state index contributed by atoms with van der Waals surface area (Å²) in [5, 5.41) is 0. The number of hydrogen-bond donors (Lipinski definition) is 0. The third-order valence-corrected chi connectivity index (χ3v) is 3.59. The van der Waals surface area contributed by atoms with Gasteiger partial charge in [-0.3, -0.25) is 0 Å². The van der Waals surface area contributed by atoms with Crippen molar-refractivity contribution in [2.45, 2.75) is 6.92 Å². The van der Waals surface area contributed by atoms with Gasteiger partial charge in [-0.05, 0) is 24.1 Å². The van der Waals surface area contributed by atoms with Crippen molar-refractivity contribution in [2.75, 3.05) is 0 Å². The number of para-hydroxylation sites is 1. The lowest BCUT2D eigenvalue weighted by molar-refractivity contribution is 1.44. The molecule has 0 spiro atoms. The Morgan fingerprint density at radius 1 is 0.938 bits per heavy atom. The summed E-state index contributed by atoms with van der Waals surface area (Å²) in [7, 11) is 0. The third kappa shape index (κ3) is 1.42. The Morgan fingerprint density at radius 3 is 2.62 bits per heavy atom. The van der Waals surface area contributed by atoms with Crippen LogP contribution >= 0.6 is 11.3 Å². The maximum atomic E-state index is 4.45. The van der Waals surface area contributed by atoms with E-state index in [4.69, 9.17) is 0 Å². The van der Waals surface area contributed by atoms with E-state index < -0.39 is 0 Å². The second-order valence-electron chi connectivity index (χ2n) is 3.82. The van der Waals surface area contributed by atoms with Crippen molar-refractivity contribution in [3.8, 4) is 11.1 Å². The first-order chi connectivity index (χ1) is 7.86. The molecule has 1 nitrogen and oxygen atoms in total. The molecular weight excluding hydrogens is 214 g/mol. The molecule has 3 aromatic rings. The molecule has 16 heavy (non-hydrogen) atoms. The Balaban J connectivity index is 2.34. The average molecular weight is 225 g/mol. The lowest BCUT2D eigenvalue weighted by atomic mass is 10.00. The highest BCUT2D eigenvalue weighted by Crippen LogP contribution is 2.31. The monoisotopic (exact) mass is 225 g/mol. The van der Waals surface area contributed by atoms with Gasteiger partial charge in [0.2, 0.25) is 0 Å². The van der Waals surface area contributed by atoms with E-state index >= 15 is 0 Å². The normalized spacial score (nSPS) is 10.8. The van der Waals surface area contributed by atoms with Crippen LogP contribution in [-0.2, 0) is 0 Å². The lowest BCUT2D eigenvalue weighted by Gasteiger charge is -2.06. The highest BCUT2D eigenvalue weighted by molar-refractivity contribution is 7.16. The summed E-state index contributed by atoms with van der Waals surface area (Å²) in [4.78, 5) is 4.45. The van der Waals surface area contributed by atoms with Crippen LogP contribution in [0.3, 0.4) is 0 Å². The molecule has 0 radical (unpaired) electrons. The standard InChI is InChI=1S/C14H11NS/c1-10-5-2-3-6-11(10)12-7-4-8-13-14(12)15-9-16-13/h2-9H,1H3. The highest BCUT2D eigenvalue weighted by atomic mass is 32.1. The topological polar surface area (TPSA) is 12.9 Å². The van der Waals surface area contributed by atoms with Gasteiger partial charge in [0.15, 0.2) is 0 Å². The predicted molar refractivity (Wildman–Crippen MR) is 69.8 cm³/mol. The second kappa shape index (κ2) is 3.72. The molecule has 1 aromatic heterocycles. The molecule has 0 N–H and O–H groups in total. The molecule has 0 aliphatic heterocycles. The summed E-state index contributed by atoms with van der Waals surface area (Å²) < 4.78 is 1.25. The first kappa shape index (κ1) is 9.55. The van der Waals surface area contributed by atoms with Crippen LogP contribution in [0, 0.1) is 6.92 Å². The Morgan fingerprint density at radius 2 is 1.75 bits per heavy atom. The molecule has 0 saturated heterocycles. The van der Waals surface area contributed by atoms with Crippen molar-refractivity contribution in [2.24, 2.45) is 0 Å². The maximum absolute atomic E-state index is 4.45. The van der Waals surface area contributed by atoms with E-state index in [-0.39, 0.29) is 0 Å². The Hall–Kier alpha value is -1.67. The van der Waals surface area contributed by atoms with E-state index in [0.29, 0.717) is 0 Å². The number of fused-ring (bicyclic) bond motifs is 1. The summed E-state index contributed by atoms with van der Waals surface area (Å²) >= 11 is 1.69. The van der Waals surface area contributed by atoms with E-state index in [1.54, 1.807) is 11.3 Å². The van der Waals surface area contributed by atoms with Gasteiger partial charge >= 0.3 is 0 Å². The van der Waals surface area contributed by atoms with Gasteiger partial charge in [-0.1, -0.05) is 36.4 Å². The minimum absolute atomic E-state index is 1.11. The van der Waals surface area contributed by atoms with E-state index in [1.807, 2.05) is 5.51 Å². The van der Waals surface area contributed by atoms with Crippen LogP contribution in [-0.4, -0.2) is 4.98 Å². The molecule has 0 fully saturated rings. The summed E-state index contributed by atoms with van der Waals surface area (Å²) in [6.45, 7) is 2.14.